The average molecular weight is 230 g/mol. The number of pyridine rings is 2. The van der Waals surface area contributed by atoms with Gasteiger partial charge in [0.2, 0.25) is 0 Å². The lowest BCUT2D eigenvalue weighted by molar-refractivity contribution is 1.21. The monoisotopic (exact) mass is 229 g/mol. The average Bonchev–Trinajstić information content (AvgIpc) is 2.30. The Bertz CT molecular complexity index is 558. The second kappa shape index (κ2) is 4.30. The SMILES string of the molecule is Cc1cc(Cl)c(C#N)nc1-c1cccnc1. The van der Waals surface area contributed by atoms with Gasteiger partial charge in [-0.2, -0.15) is 5.26 Å². The van der Waals surface area contributed by atoms with Crippen LogP contribution < -0.4 is 0 Å². The predicted molar refractivity (Wildman–Crippen MR) is 61.9 cm³/mol. The van der Waals surface area contributed by atoms with E-state index >= 15 is 0 Å². The Morgan fingerprint density at radius 2 is 2.25 bits per heavy atom. The van der Waals surface area contributed by atoms with Gasteiger partial charge in [0.05, 0.1) is 10.7 Å². The van der Waals surface area contributed by atoms with Crippen molar-refractivity contribution in [2.45, 2.75) is 6.92 Å². The highest BCUT2D eigenvalue weighted by molar-refractivity contribution is 6.31. The molecule has 0 unspecified atom stereocenters. The first-order chi connectivity index (χ1) is 7.72. The standard InChI is InChI=1S/C12H8ClN3/c1-8-5-10(13)11(6-14)16-12(8)9-3-2-4-15-7-9/h2-5,7H,1H3. The van der Waals surface area contributed by atoms with Crippen molar-refractivity contribution >= 4 is 11.6 Å². The van der Waals surface area contributed by atoms with E-state index in [0.717, 1.165) is 16.8 Å². The molecule has 78 valence electrons. The topological polar surface area (TPSA) is 49.6 Å². The van der Waals surface area contributed by atoms with Crippen molar-refractivity contribution in [1.82, 2.24) is 9.97 Å². The highest BCUT2D eigenvalue weighted by Crippen LogP contribution is 2.24. The summed E-state index contributed by atoms with van der Waals surface area (Å²) in [5.41, 5.74) is 2.80. The van der Waals surface area contributed by atoms with E-state index in [-0.39, 0.29) is 5.69 Å². The van der Waals surface area contributed by atoms with Crippen molar-refractivity contribution in [3.8, 4) is 17.3 Å². The van der Waals surface area contributed by atoms with Gasteiger partial charge in [0.15, 0.2) is 5.69 Å². The smallest absolute Gasteiger partial charge is 0.159 e. The Kier molecular flexibility index (Phi) is 2.84. The number of rotatable bonds is 1. The Morgan fingerprint density at radius 1 is 1.44 bits per heavy atom. The number of aryl methyl sites for hydroxylation is 1. The molecule has 0 bridgehead atoms. The fraction of sp³-hybridized carbons (Fsp3) is 0.0833. The van der Waals surface area contributed by atoms with Gasteiger partial charge in [0.25, 0.3) is 0 Å². The number of hydrogen-bond acceptors (Lipinski definition) is 3. The molecule has 0 fully saturated rings. The van der Waals surface area contributed by atoms with Crippen LogP contribution in [0.25, 0.3) is 11.3 Å². The summed E-state index contributed by atoms with van der Waals surface area (Å²) in [4.78, 5) is 8.25. The normalized spacial score (nSPS) is 9.81. The van der Waals surface area contributed by atoms with Crippen molar-refractivity contribution in [1.29, 1.82) is 5.26 Å². The molecule has 0 N–H and O–H groups in total. The van der Waals surface area contributed by atoms with Crippen molar-refractivity contribution < 1.29 is 0 Å². The summed E-state index contributed by atoms with van der Waals surface area (Å²) in [5.74, 6) is 0. The number of nitriles is 1. The molecule has 4 heteroatoms. The van der Waals surface area contributed by atoms with E-state index < -0.39 is 0 Å². The zero-order valence-corrected chi connectivity index (χ0v) is 9.36. The van der Waals surface area contributed by atoms with Crippen LogP contribution >= 0.6 is 11.6 Å². The fourth-order valence-corrected chi connectivity index (χ4v) is 1.70. The molecular formula is C12H8ClN3. The highest BCUT2D eigenvalue weighted by atomic mass is 35.5. The fourth-order valence-electron chi connectivity index (χ4n) is 1.45. The van der Waals surface area contributed by atoms with E-state index in [4.69, 9.17) is 16.9 Å². The molecule has 2 rings (SSSR count). The summed E-state index contributed by atoms with van der Waals surface area (Å²) < 4.78 is 0. The van der Waals surface area contributed by atoms with Crippen molar-refractivity contribution in [2.24, 2.45) is 0 Å². The Morgan fingerprint density at radius 3 is 2.88 bits per heavy atom. The summed E-state index contributed by atoms with van der Waals surface area (Å²) >= 11 is 5.89. The molecule has 0 aromatic carbocycles. The maximum absolute atomic E-state index is 8.87. The molecule has 0 saturated carbocycles. The van der Waals surface area contributed by atoms with Gasteiger partial charge in [-0.15, -0.1) is 0 Å². The van der Waals surface area contributed by atoms with Crippen LogP contribution in [0, 0.1) is 18.3 Å². The third-order valence-electron chi connectivity index (χ3n) is 2.21. The summed E-state index contributed by atoms with van der Waals surface area (Å²) in [6, 6.07) is 7.45. The third kappa shape index (κ3) is 1.88. The molecule has 16 heavy (non-hydrogen) atoms. The van der Waals surface area contributed by atoms with Crippen LogP contribution in [0.2, 0.25) is 5.02 Å². The zero-order chi connectivity index (χ0) is 11.5. The molecular weight excluding hydrogens is 222 g/mol. The lowest BCUT2D eigenvalue weighted by atomic mass is 10.1. The minimum Gasteiger partial charge on any atom is -0.264 e. The summed E-state index contributed by atoms with van der Waals surface area (Å²) in [6.45, 7) is 1.91. The van der Waals surface area contributed by atoms with Crippen LogP contribution in [0.5, 0.6) is 0 Å². The molecule has 0 aliphatic rings. The summed E-state index contributed by atoms with van der Waals surface area (Å²) in [6.07, 6.45) is 3.41. The maximum Gasteiger partial charge on any atom is 0.159 e. The summed E-state index contributed by atoms with van der Waals surface area (Å²) in [7, 11) is 0. The van der Waals surface area contributed by atoms with Crippen LogP contribution in [0.1, 0.15) is 11.3 Å². The van der Waals surface area contributed by atoms with Crippen molar-refractivity contribution in [3.05, 3.63) is 46.9 Å². The first-order valence-electron chi connectivity index (χ1n) is 4.70. The lowest BCUT2D eigenvalue weighted by Gasteiger charge is -2.05. The molecule has 0 saturated heterocycles. The number of hydrogen-bond donors (Lipinski definition) is 0. The molecule has 2 heterocycles. The van der Waals surface area contributed by atoms with E-state index in [1.807, 2.05) is 25.1 Å². The molecule has 0 radical (unpaired) electrons. The number of nitrogens with zero attached hydrogens (tertiary/aromatic N) is 3. The minimum absolute atomic E-state index is 0.242. The lowest BCUT2D eigenvalue weighted by Crippen LogP contribution is -1.93. The summed E-state index contributed by atoms with van der Waals surface area (Å²) in [5, 5.41) is 9.25. The molecule has 0 aliphatic carbocycles. The molecule has 0 spiro atoms. The third-order valence-corrected chi connectivity index (χ3v) is 2.50. The first kappa shape index (κ1) is 10.6. The van der Waals surface area contributed by atoms with Crippen LogP contribution in [0.15, 0.2) is 30.6 Å². The van der Waals surface area contributed by atoms with Crippen LogP contribution in [0.4, 0.5) is 0 Å². The molecule has 2 aromatic rings. The Labute approximate surface area is 98.4 Å². The van der Waals surface area contributed by atoms with E-state index in [1.165, 1.54) is 0 Å². The molecule has 3 nitrogen and oxygen atoms in total. The molecule has 0 amide bonds. The number of halogens is 1. The maximum atomic E-state index is 8.87. The number of aromatic nitrogens is 2. The first-order valence-corrected chi connectivity index (χ1v) is 5.08. The Hall–Kier alpha value is -1.92. The zero-order valence-electron chi connectivity index (χ0n) is 8.61. The van der Waals surface area contributed by atoms with Crippen LogP contribution in [0.3, 0.4) is 0 Å². The van der Waals surface area contributed by atoms with Gasteiger partial charge in [-0.05, 0) is 30.7 Å². The molecule has 2 aromatic heterocycles. The molecule has 0 aliphatic heterocycles. The predicted octanol–water partition coefficient (Wildman–Crippen LogP) is 2.98. The second-order valence-electron chi connectivity index (χ2n) is 3.34. The van der Waals surface area contributed by atoms with E-state index in [1.54, 1.807) is 18.5 Å². The largest absolute Gasteiger partial charge is 0.264 e. The van der Waals surface area contributed by atoms with Gasteiger partial charge in [-0.1, -0.05) is 11.6 Å². The molecule has 0 atom stereocenters. The van der Waals surface area contributed by atoms with E-state index in [9.17, 15) is 0 Å². The van der Waals surface area contributed by atoms with Gasteiger partial charge in [0, 0.05) is 18.0 Å². The van der Waals surface area contributed by atoms with Gasteiger partial charge in [0.1, 0.15) is 6.07 Å². The second-order valence-corrected chi connectivity index (χ2v) is 3.75. The van der Waals surface area contributed by atoms with Gasteiger partial charge >= 0.3 is 0 Å². The van der Waals surface area contributed by atoms with Crippen LogP contribution in [-0.4, -0.2) is 9.97 Å². The van der Waals surface area contributed by atoms with Gasteiger partial charge < -0.3 is 0 Å². The van der Waals surface area contributed by atoms with Crippen LogP contribution in [-0.2, 0) is 0 Å². The Balaban J connectivity index is 2.63. The van der Waals surface area contributed by atoms with Crippen molar-refractivity contribution in [3.63, 3.8) is 0 Å². The van der Waals surface area contributed by atoms with E-state index in [0.29, 0.717) is 5.02 Å². The van der Waals surface area contributed by atoms with Crippen molar-refractivity contribution in [2.75, 3.05) is 0 Å². The van der Waals surface area contributed by atoms with Gasteiger partial charge in [-0.25, -0.2) is 4.98 Å². The van der Waals surface area contributed by atoms with E-state index in [2.05, 4.69) is 9.97 Å². The quantitative estimate of drug-likeness (QED) is 0.755. The van der Waals surface area contributed by atoms with Gasteiger partial charge in [-0.3, -0.25) is 4.98 Å². The minimum atomic E-state index is 0.242. The highest BCUT2D eigenvalue weighted by Gasteiger charge is 2.09.